The Morgan fingerprint density at radius 1 is 1.47 bits per heavy atom. The number of carbonyl (C=O) groups excluding carboxylic acids is 1. The van der Waals surface area contributed by atoms with E-state index in [1.165, 1.54) is 6.07 Å². The fourth-order valence-electron chi connectivity index (χ4n) is 1.96. The molecule has 19 heavy (non-hydrogen) atoms. The van der Waals surface area contributed by atoms with Crippen molar-refractivity contribution in [3.8, 4) is 0 Å². The van der Waals surface area contributed by atoms with Gasteiger partial charge in [-0.3, -0.25) is 0 Å². The summed E-state index contributed by atoms with van der Waals surface area (Å²) in [6.07, 6.45) is -3.88. The van der Waals surface area contributed by atoms with E-state index >= 15 is 0 Å². The van der Waals surface area contributed by atoms with E-state index in [1.54, 1.807) is 4.90 Å². The Morgan fingerprint density at radius 3 is 2.74 bits per heavy atom. The number of amides is 1. The molecule has 1 aliphatic heterocycles. The van der Waals surface area contributed by atoms with Crippen LogP contribution in [-0.4, -0.2) is 30.3 Å². The van der Waals surface area contributed by atoms with Crippen molar-refractivity contribution < 1.29 is 22.7 Å². The maximum absolute atomic E-state index is 12.4. The lowest BCUT2D eigenvalue weighted by atomic mass is 10.3. The minimum Gasteiger partial charge on any atom is -0.444 e. The van der Waals surface area contributed by atoms with Crippen LogP contribution in [0.1, 0.15) is 12.1 Å². The van der Waals surface area contributed by atoms with Gasteiger partial charge in [0.05, 0.1) is 18.4 Å². The van der Waals surface area contributed by atoms with Crippen molar-refractivity contribution in [1.29, 1.82) is 0 Å². The largest absolute Gasteiger partial charge is 0.444 e. The Bertz CT molecular complexity index is 461. The maximum atomic E-state index is 12.4. The summed E-state index contributed by atoms with van der Waals surface area (Å²) < 4.78 is 41.9. The first kappa shape index (κ1) is 13.4. The molecule has 1 aromatic heterocycles. The van der Waals surface area contributed by atoms with Crippen LogP contribution in [-0.2, 0) is 10.9 Å². The van der Waals surface area contributed by atoms with Crippen molar-refractivity contribution in [3.05, 3.63) is 24.0 Å². The number of primary amides is 1. The van der Waals surface area contributed by atoms with Crippen molar-refractivity contribution in [3.63, 3.8) is 0 Å². The van der Waals surface area contributed by atoms with Gasteiger partial charge in [0.15, 0.2) is 0 Å². The summed E-state index contributed by atoms with van der Waals surface area (Å²) in [5, 5.41) is 0. The summed E-state index contributed by atoms with van der Waals surface area (Å²) in [6.45, 7) is 0.973. The molecular weight excluding hydrogens is 263 g/mol. The first-order chi connectivity index (χ1) is 8.86. The Morgan fingerprint density at radius 2 is 2.21 bits per heavy atom. The molecule has 0 spiro atoms. The van der Waals surface area contributed by atoms with Crippen LogP contribution in [0, 0.1) is 0 Å². The normalized spacial score (nSPS) is 19.5. The molecule has 2 rings (SSSR count). The molecule has 0 aromatic carbocycles. The van der Waals surface area contributed by atoms with E-state index in [4.69, 9.17) is 10.5 Å². The lowest BCUT2D eigenvalue weighted by molar-refractivity contribution is -0.141. The number of halogens is 3. The number of hydrogen-bond acceptors (Lipinski definition) is 4. The van der Waals surface area contributed by atoms with Crippen LogP contribution in [0.5, 0.6) is 0 Å². The first-order valence-corrected chi connectivity index (χ1v) is 5.60. The second kappa shape index (κ2) is 4.94. The minimum atomic E-state index is -4.44. The summed E-state index contributed by atoms with van der Waals surface area (Å²) in [6, 6.07) is 2.28. The molecule has 2 N–H and O–H groups in total. The zero-order valence-corrected chi connectivity index (χ0v) is 9.85. The van der Waals surface area contributed by atoms with Crippen molar-refractivity contribution >= 4 is 11.8 Å². The quantitative estimate of drug-likeness (QED) is 0.893. The van der Waals surface area contributed by atoms with Crippen LogP contribution >= 0.6 is 0 Å². The Kier molecular flexibility index (Phi) is 3.50. The van der Waals surface area contributed by atoms with Crippen LogP contribution in [0.3, 0.4) is 0 Å². The Balaban J connectivity index is 2.02. The van der Waals surface area contributed by atoms with Gasteiger partial charge < -0.3 is 15.4 Å². The van der Waals surface area contributed by atoms with E-state index in [-0.39, 0.29) is 6.10 Å². The maximum Gasteiger partial charge on any atom is 0.433 e. The molecule has 1 atom stereocenters. The number of alkyl halides is 3. The van der Waals surface area contributed by atoms with Gasteiger partial charge in [-0.25, -0.2) is 9.78 Å². The molecule has 1 saturated heterocycles. The average molecular weight is 275 g/mol. The van der Waals surface area contributed by atoms with Gasteiger partial charge in [0.2, 0.25) is 0 Å². The average Bonchev–Trinajstić information content (AvgIpc) is 2.75. The van der Waals surface area contributed by atoms with Gasteiger partial charge in [0, 0.05) is 13.0 Å². The number of pyridine rings is 1. The second-order valence-corrected chi connectivity index (χ2v) is 4.19. The third-order valence-corrected chi connectivity index (χ3v) is 2.83. The predicted molar refractivity (Wildman–Crippen MR) is 60.5 cm³/mol. The van der Waals surface area contributed by atoms with E-state index in [1.807, 2.05) is 0 Å². The summed E-state index contributed by atoms with van der Waals surface area (Å²) in [5.41, 5.74) is 4.54. The van der Waals surface area contributed by atoms with Crippen LogP contribution in [0.15, 0.2) is 18.3 Å². The predicted octanol–water partition coefficient (Wildman–Crippen LogP) is 1.77. The highest BCUT2D eigenvalue weighted by Gasteiger charge is 2.32. The van der Waals surface area contributed by atoms with Gasteiger partial charge in [0.25, 0.3) is 0 Å². The first-order valence-electron chi connectivity index (χ1n) is 5.60. The number of hydrogen-bond donors (Lipinski definition) is 1. The number of rotatable bonds is 2. The lowest BCUT2D eigenvalue weighted by Crippen LogP contribution is -2.27. The van der Waals surface area contributed by atoms with Crippen molar-refractivity contribution in [2.75, 3.05) is 18.0 Å². The van der Waals surface area contributed by atoms with Gasteiger partial charge in [-0.05, 0) is 12.1 Å². The number of anilines is 1. The fourth-order valence-corrected chi connectivity index (χ4v) is 1.96. The van der Waals surface area contributed by atoms with E-state index in [9.17, 15) is 18.0 Å². The zero-order valence-electron chi connectivity index (χ0n) is 9.85. The van der Waals surface area contributed by atoms with Crippen LogP contribution in [0.2, 0.25) is 0 Å². The highest BCUT2D eigenvalue weighted by molar-refractivity contribution is 5.65. The Labute approximate surface area is 107 Å². The van der Waals surface area contributed by atoms with Crippen molar-refractivity contribution in [1.82, 2.24) is 4.98 Å². The van der Waals surface area contributed by atoms with E-state index < -0.39 is 18.0 Å². The number of aromatic nitrogens is 1. The van der Waals surface area contributed by atoms with Gasteiger partial charge in [-0.2, -0.15) is 13.2 Å². The minimum absolute atomic E-state index is 0.334. The molecule has 1 aliphatic rings. The van der Waals surface area contributed by atoms with E-state index in [2.05, 4.69) is 4.98 Å². The molecule has 0 saturated carbocycles. The van der Waals surface area contributed by atoms with Gasteiger partial charge in [-0.1, -0.05) is 0 Å². The van der Waals surface area contributed by atoms with Crippen molar-refractivity contribution in [2.45, 2.75) is 18.7 Å². The molecule has 0 unspecified atom stereocenters. The summed E-state index contributed by atoms with van der Waals surface area (Å²) in [7, 11) is 0. The molecule has 1 amide bonds. The van der Waals surface area contributed by atoms with Gasteiger partial charge in [-0.15, -0.1) is 0 Å². The topological polar surface area (TPSA) is 68.5 Å². The van der Waals surface area contributed by atoms with Crippen LogP contribution < -0.4 is 10.6 Å². The van der Waals surface area contributed by atoms with Crippen LogP contribution in [0.25, 0.3) is 0 Å². The third-order valence-electron chi connectivity index (χ3n) is 2.83. The molecule has 104 valence electrons. The lowest BCUT2D eigenvalue weighted by Gasteiger charge is -2.18. The SMILES string of the molecule is NC(=O)O[C@H]1CCN(c2ccc(C(F)(F)F)nc2)C1. The highest BCUT2D eigenvalue weighted by atomic mass is 19.4. The number of nitrogens with two attached hydrogens (primary N) is 1. The molecule has 8 heteroatoms. The van der Waals surface area contributed by atoms with Gasteiger partial charge >= 0.3 is 12.3 Å². The summed E-state index contributed by atoms with van der Waals surface area (Å²) in [4.78, 5) is 15.8. The smallest absolute Gasteiger partial charge is 0.433 e. The van der Waals surface area contributed by atoms with Crippen LogP contribution in [0.4, 0.5) is 23.7 Å². The monoisotopic (exact) mass is 275 g/mol. The fraction of sp³-hybridized carbons (Fsp3) is 0.455. The summed E-state index contributed by atoms with van der Waals surface area (Å²) >= 11 is 0. The zero-order chi connectivity index (χ0) is 14.0. The number of carbonyl (C=O) groups is 1. The standard InChI is InChI=1S/C11H12F3N3O2/c12-11(13,14)9-2-1-7(5-16-9)17-4-3-8(6-17)19-10(15)18/h1-2,5,8H,3-4,6H2,(H2,15,18)/t8-/m0/s1. The van der Waals surface area contributed by atoms with E-state index in [0.717, 1.165) is 12.3 Å². The molecule has 5 nitrogen and oxygen atoms in total. The molecule has 0 bridgehead atoms. The molecule has 1 fully saturated rings. The number of ether oxygens (including phenoxy) is 1. The van der Waals surface area contributed by atoms with E-state index in [0.29, 0.717) is 25.2 Å². The molecule has 0 aliphatic carbocycles. The second-order valence-electron chi connectivity index (χ2n) is 4.19. The molecule has 2 heterocycles. The third kappa shape index (κ3) is 3.27. The van der Waals surface area contributed by atoms with Crippen molar-refractivity contribution in [2.24, 2.45) is 5.73 Å². The molecular formula is C11H12F3N3O2. The molecule has 0 radical (unpaired) electrons. The molecule has 1 aromatic rings. The summed E-state index contributed by atoms with van der Waals surface area (Å²) in [5.74, 6) is 0. The Hall–Kier alpha value is -1.99. The number of nitrogens with zero attached hydrogens (tertiary/aromatic N) is 2. The van der Waals surface area contributed by atoms with Gasteiger partial charge in [0.1, 0.15) is 11.8 Å². The highest BCUT2D eigenvalue weighted by Crippen LogP contribution is 2.29.